The van der Waals surface area contributed by atoms with Crippen LogP contribution < -0.4 is 16.4 Å². The second kappa shape index (κ2) is 9.38. The molecule has 5 rings (SSSR count). The van der Waals surface area contributed by atoms with Crippen molar-refractivity contribution in [2.24, 2.45) is 11.7 Å². The highest BCUT2D eigenvalue weighted by molar-refractivity contribution is 6.30. The number of nitrogens with one attached hydrogen (secondary N) is 2. The Hall–Kier alpha value is -3.15. The van der Waals surface area contributed by atoms with Crippen molar-refractivity contribution in [1.29, 1.82) is 0 Å². The summed E-state index contributed by atoms with van der Waals surface area (Å²) in [6, 6.07) is 1.29. The van der Waals surface area contributed by atoms with Crippen LogP contribution in [-0.4, -0.2) is 37.4 Å². The van der Waals surface area contributed by atoms with Gasteiger partial charge in [-0.3, -0.25) is 9.36 Å². The number of nitrogens with two attached hydrogens (primary N) is 1. The number of fused-ring (bicyclic) bond motifs is 1. The van der Waals surface area contributed by atoms with Gasteiger partial charge in [0.05, 0.1) is 6.20 Å². The molecule has 8 nitrogen and oxygen atoms in total. The van der Waals surface area contributed by atoms with E-state index in [2.05, 4.69) is 25.6 Å². The highest BCUT2D eigenvalue weighted by atomic mass is 35.5. The highest BCUT2D eigenvalue weighted by Gasteiger charge is 2.39. The Labute approximate surface area is 208 Å². The maximum Gasteiger partial charge on any atom is 0.250 e. The highest BCUT2D eigenvalue weighted by Crippen LogP contribution is 2.39. The first-order chi connectivity index (χ1) is 17.1. The van der Waals surface area contributed by atoms with Crippen LogP contribution in [0.5, 0.6) is 0 Å². The zero-order chi connectivity index (χ0) is 25.6. The summed E-state index contributed by atoms with van der Waals surface area (Å²) in [5.74, 6) is -4.85. The van der Waals surface area contributed by atoms with Crippen molar-refractivity contribution in [1.82, 2.24) is 19.5 Å². The summed E-state index contributed by atoms with van der Waals surface area (Å²) in [7, 11) is 0. The largest absolute Gasteiger partial charge is 0.369 e. The molecule has 2 aliphatic carbocycles. The number of nitrogens with zero attached hydrogens (tertiary/aromatic N) is 4. The maximum atomic E-state index is 14.5. The number of rotatable bonds is 6. The number of amides is 1. The van der Waals surface area contributed by atoms with Crippen LogP contribution in [0.1, 0.15) is 51.0 Å². The first-order valence-electron chi connectivity index (χ1n) is 11.7. The molecule has 2 aliphatic rings. The minimum Gasteiger partial charge on any atom is -0.369 e. The quantitative estimate of drug-likeness (QED) is 0.376. The van der Waals surface area contributed by atoms with E-state index in [9.17, 15) is 22.4 Å². The van der Waals surface area contributed by atoms with Gasteiger partial charge in [0, 0.05) is 35.9 Å². The summed E-state index contributed by atoms with van der Waals surface area (Å²) in [6.45, 7) is 0. The Balaban J connectivity index is 1.52. The number of carbonyl (C=O) groups excluding carboxylic acids is 1. The number of carbonyl (C=O) groups is 1. The molecule has 1 amide bonds. The summed E-state index contributed by atoms with van der Waals surface area (Å²) in [6.07, 6.45) is 3.39. The number of benzene rings is 1. The zero-order valence-corrected chi connectivity index (χ0v) is 19.8. The van der Waals surface area contributed by atoms with E-state index < -0.39 is 29.3 Å². The van der Waals surface area contributed by atoms with Gasteiger partial charge in [0.15, 0.2) is 17.3 Å². The minimum absolute atomic E-state index is 0.0899. The number of imidazole rings is 1. The third-order valence-electron chi connectivity index (χ3n) is 6.88. The van der Waals surface area contributed by atoms with Crippen molar-refractivity contribution in [2.75, 3.05) is 10.6 Å². The zero-order valence-electron chi connectivity index (χ0n) is 19.1. The fourth-order valence-corrected chi connectivity index (χ4v) is 5.23. The van der Waals surface area contributed by atoms with Crippen LogP contribution in [0.3, 0.4) is 0 Å². The fraction of sp³-hybridized carbons (Fsp3) is 0.478. The molecular formula is C23H24ClF4N7O. The summed E-state index contributed by atoms with van der Waals surface area (Å²) < 4.78 is 58.1. The Morgan fingerprint density at radius 1 is 1.11 bits per heavy atom. The lowest BCUT2D eigenvalue weighted by Crippen LogP contribution is -2.29. The molecule has 0 bridgehead atoms. The Morgan fingerprint density at radius 3 is 2.42 bits per heavy atom. The number of aromatic nitrogens is 4. The van der Waals surface area contributed by atoms with Crippen molar-refractivity contribution in [3.63, 3.8) is 0 Å². The molecule has 0 unspecified atom stereocenters. The smallest absolute Gasteiger partial charge is 0.250 e. The molecular weight excluding hydrogens is 502 g/mol. The maximum absolute atomic E-state index is 14.5. The average molecular weight is 526 g/mol. The van der Waals surface area contributed by atoms with Gasteiger partial charge >= 0.3 is 0 Å². The summed E-state index contributed by atoms with van der Waals surface area (Å²) in [5.41, 5.74) is 5.77. The van der Waals surface area contributed by atoms with Gasteiger partial charge in [-0.05, 0) is 44.2 Å². The van der Waals surface area contributed by atoms with Crippen molar-refractivity contribution < 1.29 is 22.4 Å². The van der Waals surface area contributed by atoms with Crippen molar-refractivity contribution in [2.45, 2.75) is 63.0 Å². The second-order valence-electron chi connectivity index (χ2n) is 9.43. The molecule has 2 saturated carbocycles. The van der Waals surface area contributed by atoms with E-state index in [0.29, 0.717) is 36.8 Å². The first kappa shape index (κ1) is 24.5. The number of hydrogen-bond acceptors (Lipinski definition) is 6. The van der Waals surface area contributed by atoms with Crippen LogP contribution in [0.15, 0.2) is 18.3 Å². The molecule has 2 fully saturated rings. The Bertz CT molecular complexity index is 1290. The molecule has 2 aromatic heterocycles. The second-order valence-corrected chi connectivity index (χ2v) is 9.86. The fourth-order valence-electron chi connectivity index (χ4n) is 5.04. The van der Waals surface area contributed by atoms with Crippen LogP contribution in [0.4, 0.5) is 35.1 Å². The van der Waals surface area contributed by atoms with Crippen LogP contribution in [-0.2, 0) is 4.79 Å². The van der Waals surface area contributed by atoms with E-state index in [4.69, 9.17) is 17.3 Å². The molecule has 36 heavy (non-hydrogen) atoms. The standard InChI is InChI=1S/C23H24ClF4N7O/c24-12-7-15(25)18(16(26)8-12)33-22-32-17-10-30-21(31-13-5-6-23(27,28)9-13)34-20(17)35(22)14-3-1-11(2-4-14)19(29)36/h7-8,10-11,13-14H,1-6,9H2,(H2,29,36)(H,32,33)(H,30,31,34)/t11-,13-,14+/m1/s1. The van der Waals surface area contributed by atoms with Crippen LogP contribution >= 0.6 is 11.6 Å². The first-order valence-corrected chi connectivity index (χ1v) is 12.1. The number of halogens is 5. The van der Waals surface area contributed by atoms with Gasteiger partial charge in [-0.1, -0.05) is 11.6 Å². The van der Waals surface area contributed by atoms with Crippen molar-refractivity contribution in [3.05, 3.63) is 35.0 Å². The topological polar surface area (TPSA) is 111 Å². The van der Waals surface area contributed by atoms with Gasteiger partial charge in [-0.15, -0.1) is 0 Å². The Kier molecular flexibility index (Phi) is 6.39. The van der Waals surface area contributed by atoms with E-state index in [-0.39, 0.29) is 54.0 Å². The summed E-state index contributed by atoms with van der Waals surface area (Å²) >= 11 is 5.75. The lowest BCUT2D eigenvalue weighted by atomic mass is 9.85. The predicted octanol–water partition coefficient (Wildman–Crippen LogP) is 5.32. The van der Waals surface area contributed by atoms with Crippen molar-refractivity contribution >= 4 is 46.3 Å². The summed E-state index contributed by atoms with van der Waals surface area (Å²) in [4.78, 5) is 24.8. The molecule has 1 atom stereocenters. The summed E-state index contributed by atoms with van der Waals surface area (Å²) in [5, 5.41) is 5.60. The van der Waals surface area contributed by atoms with Crippen LogP contribution in [0.25, 0.3) is 11.2 Å². The van der Waals surface area contributed by atoms with E-state index in [1.807, 2.05) is 0 Å². The van der Waals surface area contributed by atoms with Gasteiger partial charge in [-0.25, -0.2) is 27.5 Å². The number of anilines is 3. The monoisotopic (exact) mass is 525 g/mol. The molecule has 0 aliphatic heterocycles. The van der Waals surface area contributed by atoms with E-state index >= 15 is 0 Å². The molecule has 4 N–H and O–H groups in total. The molecule has 2 heterocycles. The Morgan fingerprint density at radius 2 is 1.81 bits per heavy atom. The van der Waals surface area contributed by atoms with Crippen molar-refractivity contribution in [3.8, 4) is 0 Å². The SMILES string of the molecule is NC(=O)[C@H]1CC[C@@H](n2c(Nc3c(F)cc(Cl)cc3F)nc3cnc(N[C@@H]4CCC(F)(F)C4)nc32)CC1. The van der Waals surface area contributed by atoms with Gasteiger partial charge in [-0.2, -0.15) is 4.98 Å². The lowest BCUT2D eigenvalue weighted by Gasteiger charge is -2.29. The van der Waals surface area contributed by atoms with Gasteiger partial charge in [0.2, 0.25) is 23.7 Å². The molecule has 1 aromatic carbocycles. The molecule has 0 radical (unpaired) electrons. The molecule has 0 spiro atoms. The van der Waals surface area contributed by atoms with E-state index in [1.165, 1.54) is 6.20 Å². The van der Waals surface area contributed by atoms with Gasteiger partial charge in [0.25, 0.3) is 0 Å². The molecule has 192 valence electrons. The van der Waals surface area contributed by atoms with E-state index in [1.54, 1.807) is 4.57 Å². The van der Waals surface area contributed by atoms with Gasteiger partial charge < -0.3 is 16.4 Å². The number of alkyl halides is 2. The average Bonchev–Trinajstić information content (AvgIpc) is 3.34. The number of primary amides is 1. The lowest BCUT2D eigenvalue weighted by molar-refractivity contribution is -0.122. The molecule has 13 heteroatoms. The van der Waals surface area contributed by atoms with Crippen LogP contribution in [0.2, 0.25) is 5.02 Å². The third kappa shape index (κ3) is 4.91. The minimum atomic E-state index is -2.73. The predicted molar refractivity (Wildman–Crippen MR) is 126 cm³/mol. The van der Waals surface area contributed by atoms with Crippen LogP contribution in [0, 0.1) is 17.6 Å². The van der Waals surface area contributed by atoms with Gasteiger partial charge in [0.1, 0.15) is 11.2 Å². The molecule has 0 saturated heterocycles. The number of hydrogen-bond donors (Lipinski definition) is 3. The third-order valence-corrected chi connectivity index (χ3v) is 7.10. The normalized spacial score (nSPS) is 23.6. The van der Waals surface area contributed by atoms with E-state index in [0.717, 1.165) is 12.1 Å². The molecule has 3 aromatic rings.